The SMILES string of the molecule is CCOc1cc(-c2c(C#N)c(N)nc3c2COCC3)c(Cl)cc1OC. The van der Waals surface area contributed by atoms with Gasteiger partial charge in [-0.05, 0) is 13.0 Å². The Morgan fingerprint density at radius 1 is 1.40 bits per heavy atom. The summed E-state index contributed by atoms with van der Waals surface area (Å²) in [5.74, 6) is 1.28. The lowest BCUT2D eigenvalue weighted by molar-refractivity contribution is 0.109. The van der Waals surface area contributed by atoms with E-state index in [9.17, 15) is 5.26 Å². The Labute approximate surface area is 151 Å². The van der Waals surface area contributed by atoms with Gasteiger partial charge in [0.05, 0.1) is 37.6 Å². The Morgan fingerprint density at radius 2 is 2.20 bits per heavy atom. The van der Waals surface area contributed by atoms with E-state index < -0.39 is 0 Å². The van der Waals surface area contributed by atoms with Gasteiger partial charge in [-0.2, -0.15) is 5.26 Å². The number of aromatic nitrogens is 1. The zero-order valence-electron chi connectivity index (χ0n) is 14.1. The molecule has 1 aromatic carbocycles. The van der Waals surface area contributed by atoms with Gasteiger partial charge in [0.1, 0.15) is 17.5 Å². The van der Waals surface area contributed by atoms with Crippen molar-refractivity contribution < 1.29 is 14.2 Å². The van der Waals surface area contributed by atoms with Crippen molar-refractivity contribution in [2.75, 3.05) is 26.1 Å². The number of benzene rings is 1. The fourth-order valence-corrected chi connectivity index (χ4v) is 3.21. The molecule has 0 unspecified atom stereocenters. The highest BCUT2D eigenvalue weighted by atomic mass is 35.5. The van der Waals surface area contributed by atoms with Crippen molar-refractivity contribution in [3.8, 4) is 28.7 Å². The summed E-state index contributed by atoms with van der Waals surface area (Å²) >= 11 is 6.49. The molecule has 0 bridgehead atoms. The molecule has 3 rings (SSSR count). The highest BCUT2D eigenvalue weighted by Crippen LogP contribution is 2.43. The van der Waals surface area contributed by atoms with Gasteiger partial charge in [0.2, 0.25) is 0 Å². The van der Waals surface area contributed by atoms with Gasteiger partial charge in [-0.1, -0.05) is 11.6 Å². The Balaban J connectivity index is 2.31. The monoisotopic (exact) mass is 359 g/mol. The summed E-state index contributed by atoms with van der Waals surface area (Å²) in [6.45, 7) is 3.29. The molecule has 6 nitrogen and oxygen atoms in total. The number of halogens is 1. The largest absolute Gasteiger partial charge is 0.493 e. The zero-order chi connectivity index (χ0) is 18.0. The summed E-state index contributed by atoms with van der Waals surface area (Å²) < 4.78 is 16.5. The van der Waals surface area contributed by atoms with E-state index in [-0.39, 0.29) is 5.82 Å². The molecule has 0 radical (unpaired) electrons. The summed E-state index contributed by atoms with van der Waals surface area (Å²) in [4.78, 5) is 4.37. The van der Waals surface area contributed by atoms with Crippen LogP contribution in [-0.2, 0) is 17.8 Å². The van der Waals surface area contributed by atoms with Crippen molar-refractivity contribution in [3.05, 3.63) is 34.0 Å². The first-order chi connectivity index (χ1) is 12.1. The van der Waals surface area contributed by atoms with Crippen LogP contribution in [-0.4, -0.2) is 25.3 Å². The summed E-state index contributed by atoms with van der Waals surface area (Å²) in [5, 5.41) is 10.1. The normalized spacial score (nSPS) is 13.0. The molecule has 7 heteroatoms. The van der Waals surface area contributed by atoms with Gasteiger partial charge in [0.15, 0.2) is 11.5 Å². The van der Waals surface area contributed by atoms with E-state index in [2.05, 4.69) is 11.1 Å². The maximum atomic E-state index is 9.62. The number of nitrogen functional groups attached to an aromatic ring is 1. The van der Waals surface area contributed by atoms with Crippen LogP contribution in [0.15, 0.2) is 12.1 Å². The molecule has 25 heavy (non-hydrogen) atoms. The highest BCUT2D eigenvalue weighted by molar-refractivity contribution is 6.33. The van der Waals surface area contributed by atoms with E-state index in [0.717, 1.165) is 11.3 Å². The predicted octanol–water partition coefficient (Wildman–Crippen LogP) is 3.34. The fourth-order valence-electron chi connectivity index (χ4n) is 2.96. The van der Waals surface area contributed by atoms with Gasteiger partial charge < -0.3 is 19.9 Å². The van der Waals surface area contributed by atoms with Crippen LogP contribution < -0.4 is 15.2 Å². The van der Waals surface area contributed by atoms with Gasteiger partial charge in [-0.3, -0.25) is 0 Å². The first kappa shape index (κ1) is 17.3. The molecule has 2 N–H and O–H groups in total. The minimum atomic E-state index is 0.197. The third-order valence-corrected chi connectivity index (χ3v) is 4.39. The Kier molecular flexibility index (Phi) is 4.98. The number of rotatable bonds is 4. The van der Waals surface area contributed by atoms with E-state index in [4.69, 9.17) is 31.5 Å². The van der Waals surface area contributed by atoms with Crippen molar-refractivity contribution >= 4 is 17.4 Å². The number of nitrogens with two attached hydrogens (primary N) is 1. The second-order valence-electron chi connectivity index (χ2n) is 5.50. The molecule has 1 aliphatic heterocycles. The van der Waals surface area contributed by atoms with E-state index in [1.165, 1.54) is 0 Å². The van der Waals surface area contributed by atoms with E-state index in [1.54, 1.807) is 19.2 Å². The third-order valence-electron chi connectivity index (χ3n) is 4.08. The predicted molar refractivity (Wildman–Crippen MR) is 94.9 cm³/mol. The Bertz CT molecular complexity index is 862. The number of nitriles is 1. The number of hydrogen-bond acceptors (Lipinski definition) is 6. The number of methoxy groups -OCH3 is 1. The lowest BCUT2D eigenvalue weighted by Gasteiger charge is -2.22. The molecule has 2 heterocycles. The van der Waals surface area contributed by atoms with Crippen molar-refractivity contribution in [2.45, 2.75) is 20.0 Å². The topological polar surface area (TPSA) is 90.4 Å². The minimum Gasteiger partial charge on any atom is -0.493 e. The van der Waals surface area contributed by atoms with Gasteiger partial charge in [-0.25, -0.2) is 4.98 Å². The molecule has 0 atom stereocenters. The number of pyridine rings is 1. The third kappa shape index (κ3) is 3.09. The Hall–Kier alpha value is -2.49. The van der Waals surface area contributed by atoms with Crippen molar-refractivity contribution in [3.63, 3.8) is 0 Å². The molecule has 1 aliphatic rings. The first-order valence-electron chi connectivity index (χ1n) is 7.90. The van der Waals surface area contributed by atoms with Crippen molar-refractivity contribution in [1.29, 1.82) is 5.26 Å². The van der Waals surface area contributed by atoms with Crippen LogP contribution in [0.1, 0.15) is 23.7 Å². The second-order valence-corrected chi connectivity index (χ2v) is 5.91. The molecule has 0 saturated carbocycles. The molecular weight excluding hydrogens is 342 g/mol. The quantitative estimate of drug-likeness (QED) is 0.900. The molecule has 0 aliphatic carbocycles. The van der Waals surface area contributed by atoms with Crippen LogP contribution in [0.2, 0.25) is 5.02 Å². The van der Waals surface area contributed by atoms with E-state index in [1.807, 2.05) is 6.92 Å². The van der Waals surface area contributed by atoms with E-state index >= 15 is 0 Å². The molecule has 0 spiro atoms. The zero-order valence-corrected chi connectivity index (χ0v) is 14.8. The smallest absolute Gasteiger partial charge is 0.162 e. The second kappa shape index (κ2) is 7.18. The highest BCUT2D eigenvalue weighted by Gasteiger charge is 2.25. The van der Waals surface area contributed by atoms with Crippen molar-refractivity contribution in [1.82, 2.24) is 4.98 Å². The maximum Gasteiger partial charge on any atom is 0.162 e. The van der Waals surface area contributed by atoms with Crippen LogP contribution in [0.25, 0.3) is 11.1 Å². The van der Waals surface area contributed by atoms with Crippen LogP contribution >= 0.6 is 11.6 Å². The van der Waals surface area contributed by atoms with E-state index in [0.29, 0.717) is 59.5 Å². The molecule has 0 saturated heterocycles. The van der Waals surface area contributed by atoms with Crippen LogP contribution in [0.5, 0.6) is 11.5 Å². The fraction of sp³-hybridized carbons (Fsp3) is 0.333. The summed E-state index contributed by atoms with van der Waals surface area (Å²) in [6.07, 6.45) is 0.643. The van der Waals surface area contributed by atoms with Crippen LogP contribution in [0, 0.1) is 11.3 Å². The molecular formula is C18H18ClN3O3. The van der Waals surface area contributed by atoms with Crippen LogP contribution in [0.3, 0.4) is 0 Å². The number of hydrogen-bond donors (Lipinski definition) is 1. The van der Waals surface area contributed by atoms with Crippen LogP contribution in [0.4, 0.5) is 5.82 Å². The molecule has 2 aromatic rings. The summed E-state index contributed by atoms with van der Waals surface area (Å²) in [7, 11) is 1.55. The van der Waals surface area contributed by atoms with Gasteiger partial charge in [-0.15, -0.1) is 0 Å². The summed E-state index contributed by atoms with van der Waals surface area (Å²) in [6, 6.07) is 5.60. The van der Waals surface area contributed by atoms with Gasteiger partial charge in [0, 0.05) is 29.2 Å². The summed E-state index contributed by atoms with van der Waals surface area (Å²) in [5.41, 5.74) is 9.29. The Morgan fingerprint density at radius 3 is 2.88 bits per heavy atom. The lowest BCUT2D eigenvalue weighted by atomic mass is 9.92. The van der Waals surface area contributed by atoms with Crippen molar-refractivity contribution in [2.24, 2.45) is 0 Å². The lowest BCUT2D eigenvalue weighted by Crippen LogP contribution is -2.16. The molecule has 0 amide bonds. The number of fused-ring (bicyclic) bond motifs is 1. The first-order valence-corrected chi connectivity index (χ1v) is 8.28. The number of nitrogens with zero attached hydrogens (tertiary/aromatic N) is 2. The standard InChI is InChI=1S/C18H18ClN3O3/c1-3-25-16-6-10(13(19)7-15(16)23-2)17-11(8-20)18(21)22-14-4-5-24-9-12(14)17/h6-7H,3-5,9H2,1-2H3,(H2,21,22). The van der Waals surface area contributed by atoms with Gasteiger partial charge >= 0.3 is 0 Å². The average molecular weight is 360 g/mol. The average Bonchev–Trinajstić information content (AvgIpc) is 2.62. The molecule has 0 fully saturated rings. The molecule has 1 aromatic heterocycles. The molecule has 130 valence electrons. The minimum absolute atomic E-state index is 0.197. The number of anilines is 1. The van der Waals surface area contributed by atoms with Gasteiger partial charge in [0.25, 0.3) is 0 Å². The number of ether oxygens (including phenoxy) is 3. The maximum absolute atomic E-state index is 9.62.